The van der Waals surface area contributed by atoms with Gasteiger partial charge in [0.2, 0.25) is 0 Å². The van der Waals surface area contributed by atoms with Crippen LogP contribution in [0.5, 0.6) is 0 Å². The van der Waals surface area contributed by atoms with Crippen LogP contribution in [0.4, 0.5) is 35.3 Å². The molecule has 1 saturated heterocycles. The lowest BCUT2D eigenvalue weighted by Crippen LogP contribution is -2.66. The Bertz CT molecular complexity index is 1460. The molecule has 3 aromatic heterocycles. The number of nitrogens with zero attached hydrogens (tertiary/aromatic N) is 5. The molecular weight excluding hydrogens is 477 g/mol. The number of halogens is 3. The van der Waals surface area contributed by atoms with E-state index in [2.05, 4.69) is 20.3 Å². The molecule has 2 aliphatic heterocycles. The van der Waals surface area contributed by atoms with Crippen molar-refractivity contribution in [2.75, 3.05) is 21.7 Å². The molecule has 12 heteroatoms. The third-order valence-corrected chi connectivity index (χ3v) is 6.08. The summed E-state index contributed by atoms with van der Waals surface area (Å²) in [5.41, 5.74) is 0.778. The van der Waals surface area contributed by atoms with Gasteiger partial charge in [0, 0.05) is 5.56 Å². The predicted octanol–water partition coefficient (Wildman–Crippen LogP) is 4.38. The number of rotatable bonds is 3. The molecular formula is C24H17F3N6O3. The summed E-state index contributed by atoms with van der Waals surface area (Å²) in [7, 11) is 0. The molecule has 6 rings (SSSR count). The van der Waals surface area contributed by atoms with Crippen LogP contribution in [0.25, 0.3) is 22.7 Å². The number of aliphatic hydroxyl groups excluding tert-OH is 1. The van der Waals surface area contributed by atoms with Crippen LogP contribution in [0.15, 0.2) is 71.6 Å². The van der Waals surface area contributed by atoms with E-state index in [0.29, 0.717) is 23.7 Å². The third kappa shape index (κ3) is 3.62. The maximum absolute atomic E-state index is 13.4. The van der Waals surface area contributed by atoms with Gasteiger partial charge in [0.15, 0.2) is 18.0 Å². The van der Waals surface area contributed by atoms with E-state index in [1.54, 1.807) is 35.2 Å². The highest BCUT2D eigenvalue weighted by molar-refractivity contribution is 6.06. The Morgan fingerprint density at radius 3 is 2.67 bits per heavy atom. The monoisotopic (exact) mass is 494 g/mol. The molecule has 2 N–H and O–H groups in total. The molecule has 9 nitrogen and oxygen atoms in total. The van der Waals surface area contributed by atoms with Crippen molar-refractivity contribution in [2.45, 2.75) is 18.4 Å². The van der Waals surface area contributed by atoms with E-state index < -0.39 is 30.0 Å². The number of fused-ring (bicyclic) bond motifs is 3. The second-order valence-corrected chi connectivity index (χ2v) is 8.33. The van der Waals surface area contributed by atoms with Crippen LogP contribution in [0.1, 0.15) is 5.56 Å². The summed E-state index contributed by atoms with van der Waals surface area (Å²) in [6.07, 6.45) is -3.26. The third-order valence-electron chi connectivity index (χ3n) is 6.08. The number of alkyl halides is 3. The Morgan fingerprint density at radius 2 is 1.92 bits per heavy atom. The first-order chi connectivity index (χ1) is 17.3. The average Bonchev–Trinajstić information content (AvgIpc) is 3.48. The van der Waals surface area contributed by atoms with Gasteiger partial charge in [-0.1, -0.05) is 18.2 Å². The topological polar surface area (TPSA) is 108 Å². The number of urea groups is 1. The van der Waals surface area contributed by atoms with E-state index >= 15 is 0 Å². The molecule has 0 unspecified atom stereocenters. The van der Waals surface area contributed by atoms with Gasteiger partial charge in [-0.2, -0.15) is 13.2 Å². The molecule has 2 amide bonds. The molecule has 1 fully saturated rings. The molecule has 1 aromatic carbocycles. The highest BCUT2D eigenvalue weighted by Gasteiger charge is 2.52. The van der Waals surface area contributed by atoms with Crippen molar-refractivity contribution in [3.63, 3.8) is 0 Å². The van der Waals surface area contributed by atoms with Crippen molar-refractivity contribution in [1.29, 1.82) is 0 Å². The predicted molar refractivity (Wildman–Crippen MR) is 123 cm³/mol. The fourth-order valence-corrected chi connectivity index (χ4v) is 4.38. The summed E-state index contributed by atoms with van der Waals surface area (Å²) < 4.78 is 44.9. The number of nitrogens with one attached hydrogen (secondary N) is 1. The van der Waals surface area contributed by atoms with Crippen LogP contribution in [0, 0.1) is 0 Å². The summed E-state index contributed by atoms with van der Waals surface area (Å²) in [5.74, 6) is 0.887. The van der Waals surface area contributed by atoms with Crippen LogP contribution < -0.4 is 15.1 Å². The van der Waals surface area contributed by atoms with Gasteiger partial charge in [0.1, 0.15) is 23.8 Å². The molecule has 2 atom stereocenters. The van der Waals surface area contributed by atoms with Crippen molar-refractivity contribution < 1.29 is 27.5 Å². The fourth-order valence-electron chi connectivity index (χ4n) is 4.38. The van der Waals surface area contributed by atoms with E-state index in [4.69, 9.17) is 4.42 Å². The summed E-state index contributed by atoms with van der Waals surface area (Å²) in [4.78, 5) is 29.2. The minimum atomic E-state index is -4.50. The quantitative estimate of drug-likeness (QED) is 0.435. The number of amides is 2. The van der Waals surface area contributed by atoms with E-state index in [1.807, 2.05) is 0 Å². The first-order valence-electron chi connectivity index (χ1n) is 10.9. The van der Waals surface area contributed by atoms with Gasteiger partial charge in [0.25, 0.3) is 0 Å². The number of hydrogen-bond acceptors (Lipinski definition) is 7. The van der Waals surface area contributed by atoms with E-state index in [-0.39, 0.29) is 22.9 Å². The van der Waals surface area contributed by atoms with Gasteiger partial charge in [-0.25, -0.2) is 19.7 Å². The Balaban J connectivity index is 1.34. The minimum absolute atomic E-state index is 0.232. The van der Waals surface area contributed by atoms with Gasteiger partial charge >= 0.3 is 12.2 Å². The zero-order chi connectivity index (χ0) is 25.0. The van der Waals surface area contributed by atoms with Crippen molar-refractivity contribution in [3.8, 4) is 22.7 Å². The first-order valence-corrected chi connectivity index (χ1v) is 10.9. The van der Waals surface area contributed by atoms with Gasteiger partial charge in [0.05, 0.1) is 29.7 Å². The highest BCUT2D eigenvalue weighted by atomic mass is 19.4. The van der Waals surface area contributed by atoms with Gasteiger partial charge in [-0.05, 0) is 36.4 Å². The first kappa shape index (κ1) is 22.0. The Hall–Kier alpha value is -4.45. The normalized spacial score (nSPS) is 18.4. The molecule has 0 spiro atoms. The molecule has 0 saturated carbocycles. The summed E-state index contributed by atoms with van der Waals surface area (Å²) in [6.45, 7) is 0.297. The minimum Gasteiger partial charge on any atom is -0.442 e. The molecule has 0 bridgehead atoms. The molecule has 182 valence electrons. The largest absolute Gasteiger partial charge is 0.442 e. The van der Waals surface area contributed by atoms with E-state index in [9.17, 15) is 23.1 Å². The van der Waals surface area contributed by atoms with Gasteiger partial charge in [-0.3, -0.25) is 10.2 Å². The zero-order valence-corrected chi connectivity index (χ0v) is 18.3. The number of aromatic nitrogens is 3. The van der Waals surface area contributed by atoms with E-state index in [0.717, 1.165) is 12.1 Å². The summed E-state index contributed by atoms with van der Waals surface area (Å²) in [6, 6.07) is 12.5. The number of pyridine rings is 2. The van der Waals surface area contributed by atoms with E-state index in [1.165, 1.54) is 29.6 Å². The van der Waals surface area contributed by atoms with Crippen LogP contribution in [0.3, 0.4) is 0 Å². The Kier molecular flexibility index (Phi) is 4.93. The summed E-state index contributed by atoms with van der Waals surface area (Å²) >= 11 is 0. The van der Waals surface area contributed by atoms with Crippen LogP contribution >= 0.6 is 0 Å². The lowest BCUT2D eigenvalue weighted by Gasteiger charge is -2.44. The van der Waals surface area contributed by atoms with Gasteiger partial charge < -0.3 is 14.4 Å². The van der Waals surface area contributed by atoms with Crippen LogP contribution in [-0.2, 0) is 6.18 Å². The fraction of sp³-hybridized carbons (Fsp3) is 0.167. The van der Waals surface area contributed by atoms with Crippen molar-refractivity contribution in [1.82, 2.24) is 15.0 Å². The van der Waals surface area contributed by atoms with Crippen molar-refractivity contribution >= 4 is 23.4 Å². The molecule has 36 heavy (non-hydrogen) atoms. The summed E-state index contributed by atoms with van der Waals surface area (Å²) in [5, 5.41) is 13.1. The number of carbonyl (C=O) groups is 1. The molecule has 5 heterocycles. The number of anilines is 3. The number of oxazole rings is 1. The Morgan fingerprint density at radius 1 is 1.08 bits per heavy atom. The SMILES string of the molecule is O=C(Nc1cccc(-c2cnco2)n1)N1c2nc(-c3cccc(C(F)(F)F)c3)ccc2N2C[C@@H](O)[C@@H]21. The van der Waals surface area contributed by atoms with Crippen molar-refractivity contribution in [2.24, 2.45) is 0 Å². The maximum Gasteiger partial charge on any atom is 0.416 e. The second-order valence-electron chi connectivity index (χ2n) is 8.33. The van der Waals surface area contributed by atoms with Gasteiger partial charge in [-0.15, -0.1) is 0 Å². The van der Waals surface area contributed by atoms with Crippen molar-refractivity contribution in [3.05, 3.63) is 72.8 Å². The molecule has 4 aromatic rings. The number of aliphatic hydroxyl groups is 1. The number of carbonyl (C=O) groups excluding carboxylic acids is 1. The maximum atomic E-state index is 13.4. The molecule has 0 aliphatic carbocycles. The molecule has 0 radical (unpaired) electrons. The zero-order valence-electron chi connectivity index (χ0n) is 18.3. The lowest BCUT2D eigenvalue weighted by atomic mass is 10.1. The van der Waals surface area contributed by atoms with Crippen LogP contribution in [0.2, 0.25) is 0 Å². The second kappa shape index (κ2) is 8.05. The number of benzene rings is 1. The number of hydrogen-bond donors (Lipinski definition) is 2. The smallest absolute Gasteiger partial charge is 0.416 e. The standard InChI is InChI=1S/C24H17F3N6O3/c25-24(26,27)14-4-1-3-13(9-14)15-7-8-17-21(30-15)33(22-18(34)11-32(17)22)23(35)31-20-6-2-5-16(29-20)19-10-28-12-36-19/h1-10,12,18,22,34H,11H2,(H,29,31,35)/t18-,22+/m1/s1. The molecule has 2 aliphatic rings. The lowest BCUT2D eigenvalue weighted by molar-refractivity contribution is -0.137. The van der Waals surface area contributed by atoms with Crippen LogP contribution in [-0.4, -0.2) is 44.9 Å². The Labute approximate surface area is 201 Å². The highest BCUT2D eigenvalue weighted by Crippen LogP contribution is 2.45. The average molecular weight is 494 g/mol.